The van der Waals surface area contributed by atoms with Crippen molar-refractivity contribution < 1.29 is 23.8 Å². The third-order valence-electron chi connectivity index (χ3n) is 6.78. The van der Waals surface area contributed by atoms with Crippen molar-refractivity contribution in [3.8, 4) is 11.5 Å². The number of oxime groups is 1. The lowest BCUT2D eigenvalue weighted by Crippen LogP contribution is -2.13. The molecule has 5 rings (SSSR count). The lowest BCUT2D eigenvalue weighted by Gasteiger charge is -2.11. The van der Waals surface area contributed by atoms with Crippen molar-refractivity contribution in [3.63, 3.8) is 0 Å². The van der Waals surface area contributed by atoms with E-state index in [1.165, 1.54) is 7.11 Å². The summed E-state index contributed by atoms with van der Waals surface area (Å²) < 4.78 is 17.4. The zero-order valence-corrected chi connectivity index (χ0v) is 22.4. The number of hydrogen-bond donors (Lipinski definition) is 1. The van der Waals surface area contributed by atoms with Crippen molar-refractivity contribution in [2.24, 2.45) is 11.1 Å². The first-order valence-electron chi connectivity index (χ1n) is 13.2. The lowest BCUT2D eigenvalue weighted by atomic mass is 10.1. The third-order valence-corrected chi connectivity index (χ3v) is 6.78. The van der Waals surface area contributed by atoms with Crippen LogP contribution in [-0.2, 0) is 27.6 Å². The predicted octanol–water partition coefficient (Wildman–Crippen LogP) is 6.12. The van der Waals surface area contributed by atoms with Crippen LogP contribution in [0.15, 0.2) is 108 Å². The SMILES string of the molecule is CO/N=C(\COc1ccc(COc2ccc([C@H]3C[C@H]3C(=O)OCc3ccccc3)cc2)cc1)c1ccc(N)cc1. The van der Waals surface area contributed by atoms with Crippen LogP contribution < -0.4 is 15.2 Å². The lowest BCUT2D eigenvalue weighted by molar-refractivity contribution is -0.146. The summed E-state index contributed by atoms with van der Waals surface area (Å²) in [5.41, 5.74) is 11.2. The fraction of sp³-hybridized carbons (Fsp3) is 0.212. The monoisotopic (exact) mass is 536 g/mol. The molecule has 1 saturated carbocycles. The van der Waals surface area contributed by atoms with Gasteiger partial charge in [0.1, 0.15) is 44.1 Å². The summed E-state index contributed by atoms with van der Waals surface area (Å²) >= 11 is 0. The minimum absolute atomic E-state index is 0.0699. The normalized spacial score (nSPS) is 16.2. The molecule has 0 radical (unpaired) electrons. The number of nitrogen functional groups attached to an aromatic ring is 1. The first-order valence-corrected chi connectivity index (χ1v) is 13.2. The molecule has 0 aliphatic heterocycles. The molecule has 0 heterocycles. The van der Waals surface area contributed by atoms with Crippen molar-refractivity contribution in [1.82, 2.24) is 0 Å². The first-order chi connectivity index (χ1) is 19.6. The second-order valence-corrected chi connectivity index (χ2v) is 9.67. The highest BCUT2D eigenvalue weighted by atomic mass is 16.6. The van der Waals surface area contributed by atoms with Gasteiger partial charge in [0, 0.05) is 11.3 Å². The molecular weight excluding hydrogens is 504 g/mol. The van der Waals surface area contributed by atoms with Crippen LogP contribution in [0.25, 0.3) is 0 Å². The van der Waals surface area contributed by atoms with Gasteiger partial charge in [-0.25, -0.2) is 0 Å². The molecule has 4 aromatic carbocycles. The fourth-order valence-electron chi connectivity index (χ4n) is 4.42. The zero-order valence-electron chi connectivity index (χ0n) is 22.4. The Hall–Kier alpha value is -4.78. The predicted molar refractivity (Wildman–Crippen MR) is 154 cm³/mol. The average molecular weight is 537 g/mol. The molecule has 1 aliphatic rings. The van der Waals surface area contributed by atoms with Gasteiger partial charge in [0.2, 0.25) is 0 Å². The number of hydrogen-bond acceptors (Lipinski definition) is 7. The van der Waals surface area contributed by atoms with Gasteiger partial charge in [-0.05, 0) is 65.4 Å². The smallest absolute Gasteiger partial charge is 0.309 e. The molecule has 7 heteroatoms. The molecule has 0 amide bonds. The first kappa shape index (κ1) is 26.8. The molecule has 7 nitrogen and oxygen atoms in total. The Kier molecular flexibility index (Phi) is 8.61. The van der Waals surface area contributed by atoms with E-state index < -0.39 is 0 Å². The van der Waals surface area contributed by atoms with Gasteiger partial charge >= 0.3 is 5.97 Å². The van der Waals surface area contributed by atoms with Crippen LogP contribution in [0.2, 0.25) is 0 Å². The van der Waals surface area contributed by atoms with Gasteiger partial charge in [0.05, 0.1) is 5.92 Å². The van der Waals surface area contributed by atoms with E-state index >= 15 is 0 Å². The molecule has 204 valence electrons. The Morgan fingerprint density at radius 1 is 0.800 bits per heavy atom. The number of anilines is 1. The largest absolute Gasteiger partial charge is 0.489 e. The maximum atomic E-state index is 12.4. The van der Waals surface area contributed by atoms with Crippen molar-refractivity contribution in [1.29, 1.82) is 0 Å². The molecule has 2 N–H and O–H groups in total. The molecule has 0 spiro atoms. The maximum absolute atomic E-state index is 12.4. The van der Waals surface area contributed by atoms with Crippen LogP contribution in [0.3, 0.4) is 0 Å². The number of carbonyl (C=O) groups is 1. The number of nitrogens with two attached hydrogens (primary N) is 1. The van der Waals surface area contributed by atoms with E-state index in [0.717, 1.165) is 34.4 Å². The number of rotatable bonds is 12. The highest BCUT2D eigenvalue weighted by molar-refractivity contribution is 6.01. The van der Waals surface area contributed by atoms with E-state index in [1.54, 1.807) is 0 Å². The van der Waals surface area contributed by atoms with E-state index in [2.05, 4.69) is 5.16 Å². The Bertz CT molecular complexity index is 1420. The summed E-state index contributed by atoms with van der Waals surface area (Å²) in [7, 11) is 1.51. The van der Waals surface area contributed by atoms with E-state index in [1.807, 2.05) is 103 Å². The molecule has 0 bridgehead atoms. The molecule has 40 heavy (non-hydrogen) atoms. The van der Waals surface area contributed by atoms with Crippen LogP contribution in [0.5, 0.6) is 11.5 Å². The molecular formula is C33H32N2O5. The molecule has 2 atom stereocenters. The van der Waals surface area contributed by atoms with E-state index in [4.69, 9.17) is 24.8 Å². The Labute approximate surface area is 234 Å². The van der Waals surface area contributed by atoms with Crippen molar-refractivity contribution in [2.45, 2.75) is 25.6 Å². The van der Waals surface area contributed by atoms with Gasteiger partial charge < -0.3 is 24.8 Å². The Balaban J connectivity index is 1.07. The second kappa shape index (κ2) is 12.8. The van der Waals surface area contributed by atoms with Gasteiger partial charge in [-0.3, -0.25) is 4.79 Å². The van der Waals surface area contributed by atoms with E-state index in [9.17, 15) is 4.79 Å². The summed E-state index contributed by atoms with van der Waals surface area (Å²) in [5.74, 6) is 1.50. The molecule has 1 aliphatic carbocycles. The van der Waals surface area contributed by atoms with Crippen molar-refractivity contribution >= 4 is 17.4 Å². The van der Waals surface area contributed by atoms with Crippen LogP contribution in [0.4, 0.5) is 5.69 Å². The highest BCUT2D eigenvalue weighted by Crippen LogP contribution is 2.48. The summed E-state index contributed by atoms with van der Waals surface area (Å²) in [6, 6.07) is 32.8. The Morgan fingerprint density at radius 2 is 1.45 bits per heavy atom. The number of ether oxygens (including phenoxy) is 3. The van der Waals surface area contributed by atoms with E-state index in [0.29, 0.717) is 30.4 Å². The van der Waals surface area contributed by atoms with Crippen molar-refractivity contribution in [2.75, 3.05) is 19.5 Å². The fourth-order valence-corrected chi connectivity index (χ4v) is 4.42. The molecule has 0 unspecified atom stereocenters. The molecule has 1 fully saturated rings. The standard InChI is InChI=1S/C33H32N2O5/c1-37-35-32(26-9-13-27(34)14-10-26)22-39-28-15-7-24(8-16-28)20-38-29-17-11-25(12-18-29)30-19-31(30)33(36)40-21-23-5-3-2-4-6-23/h2-18,30-31H,19-22,34H2,1H3/b35-32+/t30-,31-/m1/s1. The van der Waals surface area contributed by atoms with Crippen LogP contribution in [0, 0.1) is 5.92 Å². The second-order valence-electron chi connectivity index (χ2n) is 9.67. The minimum atomic E-state index is -0.130. The van der Waals surface area contributed by atoms with Gasteiger partial charge in [-0.2, -0.15) is 0 Å². The number of carbonyl (C=O) groups excluding carboxylic acids is 1. The van der Waals surface area contributed by atoms with Gasteiger partial charge in [0.15, 0.2) is 0 Å². The highest BCUT2D eigenvalue weighted by Gasteiger charge is 2.45. The maximum Gasteiger partial charge on any atom is 0.309 e. The van der Waals surface area contributed by atoms with E-state index in [-0.39, 0.29) is 24.4 Å². The summed E-state index contributed by atoms with van der Waals surface area (Å²) in [5, 5.41) is 4.08. The summed E-state index contributed by atoms with van der Waals surface area (Å²) in [4.78, 5) is 17.4. The summed E-state index contributed by atoms with van der Waals surface area (Å²) in [6.45, 7) is 1.00. The minimum Gasteiger partial charge on any atom is -0.489 e. The van der Waals surface area contributed by atoms with Crippen LogP contribution in [0.1, 0.15) is 34.6 Å². The summed E-state index contributed by atoms with van der Waals surface area (Å²) in [6.07, 6.45) is 0.820. The van der Waals surface area contributed by atoms with Gasteiger partial charge in [-0.15, -0.1) is 0 Å². The molecule has 0 aromatic heterocycles. The van der Waals surface area contributed by atoms with Crippen LogP contribution in [-0.4, -0.2) is 25.4 Å². The zero-order chi connectivity index (χ0) is 27.7. The topological polar surface area (TPSA) is 92.4 Å². The molecule has 4 aromatic rings. The third kappa shape index (κ3) is 7.20. The number of esters is 1. The van der Waals surface area contributed by atoms with Gasteiger partial charge in [0.25, 0.3) is 0 Å². The number of nitrogens with zero attached hydrogens (tertiary/aromatic N) is 1. The molecule has 0 saturated heterocycles. The average Bonchev–Trinajstić information content (AvgIpc) is 3.80. The Morgan fingerprint density at radius 3 is 2.15 bits per heavy atom. The number of benzene rings is 4. The van der Waals surface area contributed by atoms with Crippen LogP contribution >= 0.6 is 0 Å². The van der Waals surface area contributed by atoms with Gasteiger partial charge in [-0.1, -0.05) is 71.9 Å². The van der Waals surface area contributed by atoms with Crippen molar-refractivity contribution in [3.05, 3.63) is 125 Å². The quantitative estimate of drug-likeness (QED) is 0.101.